The van der Waals surface area contributed by atoms with Crippen LogP contribution in [0, 0.1) is 0 Å². The molecule has 0 saturated carbocycles. The van der Waals surface area contributed by atoms with Gasteiger partial charge in [0.05, 0.1) is 31.7 Å². The smallest absolute Gasteiger partial charge is 0.323 e. The Hall–Kier alpha value is -3.75. The summed E-state index contributed by atoms with van der Waals surface area (Å²) in [7, 11) is 3.03. The number of carbonyl (C=O) groups excluding carboxylic acids is 2. The molecule has 1 amide bonds. The number of imidazole rings is 1. The number of benzene rings is 2. The number of fused-ring (bicyclic) bond motifs is 1. The van der Waals surface area contributed by atoms with Crippen molar-refractivity contribution in [1.82, 2.24) is 9.97 Å². The number of ether oxygens (including phenoxy) is 3. The van der Waals surface area contributed by atoms with Gasteiger partial charge in [-0.3, -0.25) is 9.59 Å². The van der Waals surface area contributed by atoms with Crippen LogP contribution < -0.4 is 20.5 Å². The predicted octanol–water partition coefficient (Wildman–Crippen LogP) is 1.99. The summed E-state index contributed by atoms with van der Waals surface area (Å²) in [5.74, 6) is 0.0402. The quantitative estimate of drug-likeness (QED) is 0.522. The molecule has 0 aliphatic carbocycles. The van der Waals surface area contributed by atoms with Crippen molar-refractivity contribution >= 4 is 28.6 Å². The van der Waals surface area contributed by atoms with Crippen LogP contribution in [0.5, 0.6) is 11.5 Å². The molecule has 1 atom stereocenters. The predicted molar refractivity (Wildman–Crippen MR) is 106 cm³/mol. The molecule has 0 unspecified atom stereocenters. The molecule has 3 aromatic rings. The van der Waals surface area contributed by atoms with Crippen molar-refractivity contribution in [2.75, 3.05) is 19.5 Å². The van der Waals surface area contributed by atoms with E-state index in [0.717, 1.165) is 0 Å². The van der Waals surface area contributed by atoms with Crippen LogP contribution in [0.3, 0.4) is 0 Å². The second kappa shape index (κ2) is 8.51. The van der Waals surface area contributed by atoms with E-state index < -0.39 is 18.0 Å². The zero-order valence-corrected chi connectivity index (χ0v) is 16.2. The minimum atomic E-state index is -1.01. The lowest BCUT2D eigenvalue weighted by Gasteiger charge is -2.15. The largest absolute Gasteiger partial charge is 0.497 e. The van der Waals surface area contributed by atoms with Gasteiger partial charge in [-0.25, -0.2) is 4.79 Å². The maximum atomic E-state index is 12.3. The van der Waals surface area contributed by atoms with Gasteiger partial charge in [0.1, 0.15) is 11.5 Å². The number of hydrogen-bond acceptors (Lipinski definition) is 6. The lowest BCUT2D eigenvalue weighted by molar-refractivity contribution is -0.152. The maximum Gasteiger partial charge on any atom is 0.323 e. The fraction of sp³-hybridized carbons (Fsp3) is 0.250. The van der Waals surface area contributed by atoms with Gasteiger partial charge < -0.3 is 29.5 Å². The second-order valence-corrected chi connectivity index (χ2v) is 6.32. The van der Waals surface area contributed by atoms with Gasteiger partial charge in [-0.15, -0.1) is 0 Å². The summed E-state index contributed by atoms with van der Waals surface area (Å²) >= 11 is 0. The van der Waals surface area contributed by atoms with Crippen LogP contribution in [-0.4, -0.2) is 42.2 Å². The SMILES string of the molecule is COc1ccc(CC(=O)O[C@@H](C)C(=O)Nc2ccc3[nH]c(=O)[nH]c3c2)c(OC)c1. The number of aromatic amines is 2. The van der Waals surface area contributed by atoms with E-state index in [9.17, 15) is 14.4 Å². The summed E-state index contributed by atoms with van der Waals surface area (Å²) < 4.78 is 15.6. The van der Waals surface area contributed by atoms with Crippen molar-refractivity contribution in [1.29, 1.82) is 0 Å². The number of hydrogen-bond donors (Lipinski definition) is 3. The first kappa shape index (κ1) is 20.0. The maximum absolute atomic E-state index is 12.3. The fourth-order valence-electron chi connectivity index (χ4n) is 2.80. The highest BCUT2D eigenvalue weighted by Gasteiger charge is 2.19. The molecule has 1 aromatic heterocycles. The van der Waals surface area contributed by atoms with Crippen molar-refractivity contribution in [3.63, 3.8) is 0 Å². The highest BCUT2D eigenvalue weighted by molar-refractivity contribution is 5.96. The first-order valence-corrected chi connectivity index (χ1v) is 8.83. The van der Waals surface area contributed by atoms with Gasteiger partial charge in [0.15, 0.2) is 6.10 Å². The minimum Gasteiger partial charge on any atom is -0.497 e. The lowest BCUT2D eigenvalue weighted by Crippen LogP contribution is -2.30. The summed E-state index contributed by atoms with van der Waals surface area (Å²) in [4.78, 5) is 41.1. The van der Waals surface area contributed by atoms with Crippen molar-refractivity contribution in [3.05, 3.63) is 52.4 Å². The molecule has 9 nitrogen and oxygen atoms in total. The number of rotatable bonds is 7. The fourth-order valence-corrected chi connectivity index (χ4v) is 2.80. The average Bonchev–Trinajstić information content (AvgIpc) is 3.07. The van der Waals surface area contributed by atoms with Crippen molar-refractivity contribution in [3.8, 4) is 11.5 Å². The zero-order chi connectivity index (χ0) is 21.0. The van der Waals surface area contributed by atoms with Gasteiger partial charge in [0.2, 0.25) is 0 Å². The Morgan fingerprint density at radius 2 is 1.79 bits per heavy atom. The zero-order valence-electron chi connectivity index (χ0n) is 16.2. The van der Waals surface area contributed by atoms with Gasteiger partial charge in [-0.2, -0.15) is 0 Å². The number of aromatic nitrogens is 2. The molecule has 29 heavy (non-hydrogen) atoms. The molecule has 3 rings (SSSR count). The number of methoxy groups -OCH3 is 2. The first-order chi connectivity index (χ1) is 13.9. The molecule has 2 aromatic carbocycles. The molecule has 0 saturated heterocycles. The topological polar surface area (TPSA) is 123 Å². The van der Waals surface area contributed by atoms with Crippen LogP contribution >= 0.6 is 0 Å². The second-order valence-electron chi connectivity index (χ2n) is 6.32. The van der Waals surface area contributed by atoms with Crippen LogP contribution in [0.4, 0.5) is 5.69 Å². The number of nitrogens with one attached hydrogen (secondary N) is 3. The van der Waals surface area contributed by atoms with E-state index in [2.05, 4.69) is 15.3 Å². The third-order valence-corrected chi connectivity index (χ3v) is 4.29. The highest BCUT2D eigenvalue weighted by Crippen LogP contribution is 2.25. The Kier molecular flexibility index (Phi) is 5.87. The normalized spacial score (nSPS) is 11.7. The molecule has 0 spiro atoms. The Morgan fingerprint density at radius 3 is 2.52 bits per heavy atom. The number of esters is 1. The van der Waals surface area contributed by atoms with Crippen molar-refractivity contribution in [2.24, 2.45) is 0 Å². The number of amides is 1. The molecule has 3 N–H and O–H groups in total. The monoisotopic (exact) mass is 399 g/mol. The van der Waals surface area contributed by atoms with Crippen molar-refractivity contribution in [2.45, 2.75) is 19.4 Å². The van der Waals surface area contributed by atoms with Gasteiger partial charge in [0, 0.05) is 17.3 Å². The molecule has 0 aliphatic heterocycles. The van der Waals surface area contributed by atoms with Crippen LogP contribution in [0.15, 0.2) is 41.2 Å². The average molecular weight is 399 g/mol. The Labute approximate surface area is 166 Å². The standard InChI is InChI=1S/C20H21N3O6/c1-11(19(25)21-13-5-7-15-16(9-13)23-20(26)22-15)29-18(24)8-12-4-6-14(27-2)10-17(12)28-3/h4-7,9-11H,8H2,1-3H3,(H,21,25)(H2,22,23,26)/t11-/m0/s1. The summed E-state index contributed by atoms with van der Waals surface area (Å²) in [6, 6.07) is 10.00. The van der Waals surface area contributed by atoms with E-state index in [4.69, 9.17) is 14.2 Å². The third kappa shape index (κ3) is 4.75. The Balaban J connectivity index is 1.61. The molecule has 1 heterocycles. The van der Waals surface area contributed by atoms with E-state index in [0.29, 0.717) is 33.8 Å². The van der Waals surface area contributed by atoms with Crippen LogP contribution in [0.1, 0.15) is 12.5 Å². The van der Waals surface area contributed by atoms with E-state index in [1.807, 2.05) is 0 Å². The van der Waals surface area contributed by atoms with E-state index in [1.54, 1.807) is 36.4 Å². The molecule has 0 aliphatic rings. The van der Waals surface area contributed by atoms with Gasteiger partial charge in [-0.1, -0.05) is 6.07 Å². The van der Waals surface area contributed by atoms with E-state index >= 15 is 0 Å². The summed E-state index contributed by atoms with van der Waals surface area (Å²) in [6.07, 6.45) is -1.06. The van der Waals surface area contributed by atoms with Crippen molar-refractivity contribution < 1.29 is 23.8 Å². The van der Waals surface area contributed by atoms with Gasteiger partial charge in [0.25, 0.3) is 5.91 Å². The molecule has 0 fully saturated rings. The van der Waals surface area contributed by atoms with Gasteiger partial charge in [-0.05, 0) is 31.2 Å². The Morgan fingerprint density at radius 1 is 1.03 bits per heavy atom. The van der Waals surface area contributed by atoms with E-state index in [-0.39, 0.29) is 12.1 Å². The number of anilines is 1. The van der Waals surface area contributed by atoms with Crippen LogP contribution in [0.2, 0.25) is 0 Å². The molecule has 152 valence electrons. The molecule has 0 radical (unpaired) electrons. The number of carbonyl (C=O) groups is 2. The first-order valence-electron chi connectivity index (χ1n) is 8.83. The minimum absolute atomic E-state index is 0.0542. The highest BCUT2D eigenvalue weighted by atomic mass is 16.5. The summed E-state index contributed by atoms with van der Waals surface area (Å²) in [5.41, 5.74) is 1.94. The lowest BCUT2D eigenvalue weighted by atomic mass is 10.1. The molecule has 0 bridgehead atoms. The molecule has 9 heteroatoms. The number of H-pyrrole nitrogens is 2. The summed E-state index contributed by atoms with van der Waals surface area (Å²) in [6.45, 7) is 1.48. The van der Waals surface area contributed by atoms with Crippen LogP contribution in [-0.2, 0) is 20.7 Å². The Bertz CT molecular complexity index is 1100. The van der Waals surface area contributed by atoms with Gasteiger partial charge >= 0.3 is 11.7 Å². The molecular weight excluding hydrogens is 378 g/mol. The molecular formula is C20H21N3O6. The summed E-state index contributed by atoms with van der Waals surface area (Å²) in [5, 5.41) is 2.66. The van der Waals surface area contributed by atoms with Crippen LogP contribution in [0.25, 0.3) is 11.0 Å². The van der Waals surface area contributed by atoms with E-state index in [1.165, 1.54) is 21.1 Å². The third-order valence-electron chi connectivity index (χ3n) is 4.29.